The first-order valence-corrected chi connectivity index (χ1v) is 8.10. The lowest BCUT2D eigenvalue weighted by atomic mass is 10.2. The van der Waals surface area contributed by atoms with Gasteiger partial charge in [0.1, 0.15) is 0 Å². The van der Waals surface area contributed by atoms with Gasteiger partial charge >= 0.3 is 0 Å². The predicted molar refractivity (Wildman–Crippen MR) is 97.3 cm³/mol. The number of methoxy groups -OCH3 is 1. The van der Waals surface area contributed by atoms with Crippen molar-refractivity contribution in [2.75, 3.05) is 19.0 Å². The summed E-state index contributed by atoms with van der Waals surface area (Å²) in [5.74, 6) is 1.41. The Kier molecular flexibility index (Phi) is 6.03. The van der Waals surface area contributed by atoms with Gasteiger partial charge < -0.3 is 14.8 Å². The van der Waals surface area contributed by atoms with E-state index in [0.717, 1.165) is 9.13 Å². The summed E-state index contributed by atoms with van der Waals surface area (Å²) in [6, 6.07) is 10.3. The van der Waals surface area contributed by atoms with Crippen molar-refractivity contribution >= 4 is 34.0 Å². The molecule has 0 atom stereocenters. The Morgan fingerprint density at radius 3 is 2.74 bits per heavy atom. The predicted octanol–water partition coefficient (Wildman–Crippen LogP) is 4.22. The quantitative estimate of drug-likeness (QED) is 0.406. The van der Waals surface area contributed by atoms with Gasteiger partial charge in [0.05, 0.1) is 22.2 Å². The zero-order chi connectivity index (χ0) is 16.8. The van der Waals surface area contributed by atoms with Crippen molar-refractivity contribution in [3.63, 3.8) is 0 Å². The zero-order valence-electron chi connectivity index (χ0n) is 12.8. The Balaban J connectivity index is 2.17. The number of nitrogens with zero attached hydrogens (tertiary/aromatic N) is 1. The second-order valence-electron chi connectivity index (χ2n) is 4.70. The third-order valence-electron chi connectivity index (χ3n) is 3.13. The van der Waals surface area contributed by atoms with Crippen molar-refractivity contribution in [3.8, 4) is 11.5 Å². The second-order valence-corrected chi connectivity index (χ2v) is 5.87. The maximum absolute atomic E-state index is 10.8. The Morgan fingerprint density at radius 1 is 1.30 bits per heavy atom. The van der Waals surface area contributed by atoms with Crippen LogP contribution in [0, 0.1) is 13.7 Å². The van der Waals surface area contributed by atoms with Crippen LogP contribution in [0.4, 0.5) is 11.4 Å². The highest BCUT2D eigenvalue weighted by Gasteiger charge is 2.11. The number of nitrogens with one attached hydrogen (secondary N) is 1. The molecule has 0 aliphatic rings. The summed E-state index contributed by atoms with van der Waals surface area (Å²) >= 11 is 2.20. The maximum atomic E-state index is 10.8. The minimum atomic E-state index is -0.408. The fourth-order valence-electron chi connectivity index (χ4n) is 2.12. The Labute approximate surface area is 148 Å². The molecule has 7 heteroatoms. The number of nitro groups is 1. The molecule has 2 rings (SSSR count). The molecule has 23 heavy (non-hydrogen) atoms. The summed E-state index contributed by atoms with van der Waals surface area (Å²) in [6.07, 6.45) is 0. The summed E-state index contributed by atoms with van der Waals surface area (Å²) in [7, 11) is 1.61. The van der Waals surface area contributed by atoms with E-state index in [0.29, 0.717) is 30.3 Å². The molecular weight excluding hydrogens is 411 g/mol. The third kappa shape index (κ3) is 4.47. The first kappa shape index (κ1) is 17.3. The molecule has 2 aromatic rings. The van der Waals surface area contributed by atoms with E-state index in [1.54, 1.807) is 19.2 Å². The highest BCUT2D eigenvalue weighted by Crippen LogP contribution is 2.34. The number of hydrogen-bond donors (Lipinski definition) is 1. The average Bonchev–Trinajstić information content (AvgIpc) is 2.53. The van der Waals surface area contributed by atoms with E-state index in [2.05, 4.69) is 27.9 Å². The zero-order valence-corrected chi connectivity index (χ0v) is 15.0. The van der Waals surface area contributed by atoms with Crippen LogP contribution in [0.25, 0.3) is 0 Å². The standard InChI is InChI=1S/C16H17IN2O4/c1-3-23-15-8-11(7-14(17)16(15)22-2)10-18-12-5-4-6-13(9-12)19(20)21/h4-9,18H,3,10H2,1-2H3. The van der Waals surface area contributed by atoms with Gasteiger partial charge in [0.25, 0.3) is 5.69 Å². The van der Waals surface area contributed by atoms with Crippen molar-refractivity contribution in [3.05, 3.63) is 55.6 Å². The van der Waals surface area contributed by atoms with Gasteiger partial charge in [-0.1, -0.05) is 6.07 Å². The SMILES string of the molecule is CCOc1cc(CNc2cccc([N+](=O)[O-])c2)cc(I)c1OC. The number of hydrogen-bond acceptors (Lipinski definition) is 5. The highest BCUT2D eigenvalue weighted by atomic mass is 127. The van der Waals surface area contributed by atoms with E-state index in [-0.39, 0.29) is 5.69 Å². The third-order valence-corrected chi connectivity index (χ3v) is 3.93. The molecule has 0 amide bonds. The van der Waals surface area contributed by atoms with Crippen molar-refractivity contribution in [2.45, 2.75) is 13.5 Å². The number of nitro benzene ring substituents is 1. The summed E-state index contributed by atoms with van der Waals surface area (Å²) in [5, 5.41) is 14.0. The molecule has 0 unspecified atom stereocenters. The minimum Gasteiger partial charge on any atom is -0.492 e. The van der Waals surface area contributed by atoms with E-state index in [4.69, 9.17) is 9.47 Å². The molecule has 0 aliphatic heterocycles. The van der Waals surface area contributed by atoms with Crippen molar-refractivity contribution in [1.29, 1.82) is 0 Å². The lowest BCUT2D eigenvalue weighted by molar-refractivity contribution is -0.384. The van der Waals surface area contributed by atoms with E-state index < -0.39 is 4.92 Å². The number of halogens is 1. The maximum Gasteiger partial charge on any atom is 0.271 e. The first-order valence-electron chi connectivity index (χ1n) is 7.02. The number of non-ortho nitro benzene ring substituents is 1. The van der Waals surface area contributed by atoms with E-state index >= 15 is 0 Å². The monoisotopic (exact) mass is 428 g/mol. The van der Waals surface area contributed by atoms with Gasteiger partial charge in [0.15, 0.2) is 11.5 Å². The van der Waals surface area contributed by atoms with Gasteiger partial charge in [-0.2, -0.15) is 0 Å². The summed E-state index contributed by atoms with van der Waals surface area (Å²) in [4.78, 5) is 10.4. The molecule has 0 spiro atoms. The van der Waals surface area contributed by atoms with Crippen molar-refractivity contribution in [1.82, 2.24) is 0 Å². The Bertz CT molecular complexity index is 706. The summed E-state index contributed by atoms with van der Waals surface area (Å²) in [6.45, 7) is 3.00. The number of anilines is 1. The van der Waals surface area contributed by atoms with Gasteiger partial charge in [-0.05, 0) is 53.3 Å². The molecule has 0 radical (unpaired) electrons. The van der Waals surface area contributed by atoms with Gasteiger partial charge in [-0.15, -0.1) is 0 Å². The molecule has 0 fully saturated rings. The number of ether oxygens (including phenoxy) is 2. The van der Waals surface area contributed by atoms with Crippen molar-refractivity contribution < 1.29 is 14.4 Å². The van der Waals surface area contributed by atoms with E-state index in [1.165, 1.54) is 12.1 Å². The summed E-state index contributed by atoms with van der Waals surface area (Å²) < 4.78 is 11.9. The number of rotatable bonds is 7. The van der Waals surface area contributed by atoms with Crippen LogP contribution < -0.4 is 14.8 Å². The van der Waals surface area contributed by atoms with Gasteiger partial charge in [0, 0.05) is 24.4 Å². The van der Waals surface area contributed by atoms with Crippen LogP contribution in [0.3, 0.4) is 0 Å². The fourth-order valence-corrected chi connectivity index (χ4v) is 3.00. The van der Waals surface area contributed by atoms with Crippen LogP contribution >= 0.6 is 22.6 Å². The van der Waals surface area contributed by atoms with Gasteiger partial charge in [-0.25, -0.2) is 0 Å². The minimum absolute atomic E-state index is 0.0642. The lowest BCUT2D eigenvalue weighted by Gasteiger charge is -2.14. The molecular formula is C16H17IN2O4. The van der Waals surface area contributed by atoms with Crippen LogP contribution in [0.5, 0.6) is 11.5 Å². The van der Waals surface area contributed by atoms with Crippen LogP contribution in [0.2, 0.25) is 0 Å². The molecule has 6 nitrogen and oxygen atoms in total. The molecule has 0 heterocycles. The first-order chi connectivity index (χ1) is 11.0. The van der Waals surface area contributed by atoms with Crippen LogP contribution in [-0.4, -0.2) is 18.6 Å². The van der Waals surface area contributed by atoms with Crippen LogP contribution in [-0.2, 0) is 6.54 Å². The molecule has 1 N–H and O–H groups in total. The topological polar surface area (TPSA) is 73.6 Å². The van der Waals surface area contributed by atoms with Crippen molar-refractivity contribution in [2.24, 2.45) is 0 Å². The molecule has 2 aromatic carbocycles. The second kappa shape index (κ2) is 8.00. The van der Waals surface area contributed by atoms with E-state index in [9.17, 15) is 10.1 Å². The lowest BCUT2D eigenvalue weighted by Crippen LogP contribution is -2.03. The molecule has 0 bridgehead atoms. The fraction of sp³-hybridized carbons (Fsp3) is 0.250. The smallest absolute Gasteiger partial charge is 0.271 e. The normalized spacial score (nSPS) is 10.2. The summed E-state index contributed by atoms with van der Waals surface area (Å²) in [5.41, 5.74) is 1.77. The van der Waals surface area contributed by atoms with Crippen LogP contribution in [0.1, 0.15) is 12.5 Å². The highest BCUT2D eigenvalue weighted by molar-refractivity contribution is 14.1. The Morgan fingerprint density at radius 2 is 2.09 bits per heavy atom. The molecule has 0 saturated heterocycles. The molecule has 0 aromatic heterocycles. The largest absolute Gasteiger partial charge is 0.492 e. The average molecular weight is 428 g/mol. The molecule has 0 aliphatic carbocycles. The Hall–Kier alpha value is -2.03. The van der Waals surface area contributed by atoms with E-state index in [1.807, 2.05) is 19.1 Å². The van der Waals surface area contributed by atoms with Crippen LogP contribution in [0.15, 0.2) is 36.4 Å². The number of benzene rings is 2. The molecule has 0 saturated carbocycles. The molecule has 122 valence electrons. The van der Waals surface area contributed by atoms with Gasteiger partial charge in [-0.3, -0.25) is 10.1 Å². The van der Waals surface area contributed by atoms with Gasteiger partial charge in [0.2, 0.25) is 0 Å².